The molecule has 5 nitrogen and oxygen atoms in total. The molecular formula is C32H29F6N3O2. The number of nitrogens with one attached hydrogen (secondary N) is 2. The third kappa shape index (κ3) is 7.10. The van der Waals surface area contributed by atoms with E-state index in [1.54, 1.807) is 0 Å². The second-order valence-electron chi connectivity index (χ2n) is 10.8. The predicted octanol–water partition coefficient (Wildman–Crippen LogP) is 7.49. The number of benzene rings is 3. The maximum absolute atomic E-state index is 13.4. The first-order chi connectivity index (χ1) is 20.4. The van der Waals surface area contributed by atoms with Crippen molar-refractivity contribution >= 4 is 17.1 Å². The van der Waals surface area contributed by atoms with E-state index >= 15 is 0 Å². The Morgan fingerprint density at radius 3 is 1.67 bits per heavy atom. The van der Waals surface area contributed by atoms with Gasteiger partial charge in [0.2, 0.25) is 0 Å². The Bertz CT molecular complexity index is 1540. The Balaban J connectivity index is 1.43. The first-order valence-electron chi connectivity index (χ1n) is 13.9. The van der Waals surface area contributed by atoms with Gasteiger partial charge in [0.15, 0.2) is 0 Å². The lowest BCUT2D eigenvalue weighted by molar-refractivity contribution is -0.143. The Kier molecular flexibility index (Phi) is 8.64. The van der Waals surface area contributed by atoms with Crippen LogP contribution in [0.3, 0.4) is 0 Å². The lowest BCUT2D eigenvalue weighted by Gasteiger charge is -2.41. The van der Waals surface area contributed by atoms with Crippen molar-refractivity contribution in [2.45, 2.75) is 63.2 Å². The molecule has 1 aliphatic carbocycles. The van der Waals surface area contributed by atoms with Gasteiger partial charge in [-0.3, -0.25) is 14.5 Å². The van der Waals surface area contributed by atoms with E-state index < -0.39 is 40.0 Å². The van der Waals surface area contributed by atoms with Crippen LogP contribution in [0.25, 0.3) is 0 Å². The number of rotatable bonds is 9. The van der Waals surface area contributed by atoms with E-state index in [0.29, 0.717) is 31.6 Å². The monoisotopic (exact) mass is 601 g/mol. The molecule has 0 aromatic heterocycles. The third-order valence-electron chi connectivity index (χ3n) is 7.75. The van der Waals surface area contributed by atoms with Crippen LogP contribution in [0.4, 0.5) is 43.4 Å². The van der Waals surface area contributed by atoms with Crippen molar-refractivity contribution in [2.24, 2.45) is 0 Å². The molecule has 1 fully saturated rings. The summed E-state index contributed by atoms with van der Waals surface area (Å²) in [7, 11) is 0. The summed E-state index contributed by atoms with van der Waals surface area (Å²) in [6.07, 6.45) is -6.88. The smallest absolute Gasteiger partial charge is 0.376 e. The first-order valence-corrected chi connectivity index (χ1v) is 13.9. The summed E-state index contributed by atoms with van der Waals surface area (Å²) in [6, 6.07) is 20.4. The van der Waals surface area contributed by atoms with Gasteiger partial charge in [-0.2, -0.15) is 26.3 Å². The Morgan fingerprint density at radius 2 is 1.16 bits per heavy atom. The third-order valence-corrected chi connectivity index (χ3v) is 7.75. The molecule has 4 aromatic rings. The summed E-state index contributed by atoms with van der Waals surface area (Å²) in [4.78, 5) is 27.5. The molecule has 0 spiro atoms. The van der Waals surface area contributed by atoms with Crippen molar-refractivity contribution in [1.82, 2.24) is 4.90 Å². The van der Waals surface area contributed by atoms with Crippen LogP contribution in [-0.4, -0.2) is 17.0 Å². The molecule has 2 N–H and O–H groups in total. The summed E-state index contributed by atoms with van der Waals surface area (Å²) in [5, 5.41) is 5.54. The highest BCUT2D eigenvalue weighted by atomic mass is 19.4. The van der Waals surface area contributed by atoms with Gasteiger partial charge >= 0.3 is 12.4 Å². The van der Waals surface area contributed by atoms with Crippen molar-refractivity contribution < 1.29 is 26.3 Å². The van der Waals surface area contributed by atoms with Gasteiger partial charge in [-0.1, -0.05) is 73.5 Å². The Labute approximate surface area is 243 Å². The number of nitrogens with zero attached hydrogens (tertiary/aromatic N) is 1. The molecule has 43 heavy (non-hydrogen) atoms. The van der Waals surface area contributed by atoms with E-state index in [1.165, 1.54) is 0 Å². The molecule has 0 bridgehead atoms. The van der Waals surface area contributed by atoms with Crippen molar-refractivity contribution in [3.63, 3.8) is 0 Å². The number of hydrogen-bond donors (Lipinski definition) is 2. The van der Waals surface area contributed by atoms with E-state index in [-0.39, 0.29) is 29.5 Å². The highest BCUT2D eigenvalue weighted by Crippen LogP contribution is 2.39. The molecule has 11 heteroatoms. The minimum absolute atomic E-state index is 0.00710. The van der Waals surface area contributed by atoms with Crippen LogP contribution in [-0.2, 0) is 25.4 Å². The Hall–Kier alpha value is -4.12. The van der Waals surface area contributed by atoms with Gasteiger partial charge in [0, 0.05) is 30.9 Å². The van der Waals surface area contributed by atoms with Gasteiger partial charge < -0.3 is 10.6 Å². The van der Waals surface area contributed by atoms with Crippen LogP contribution < -0.4 is 21.5 Å². The highest BCUT2D eigenvalue weighted by Gasteiger charge is 2.38. The zero-order valence-electron chi connectivity index (χ0n) is 22.9. The van der Waals surface area contributed by atoms with E-state index in [0.717, 1.165) is 30.4 Å². The molecule has 0 amide bonds. The van der Waals surface area contributed by atoms with Crippen LogP contribution in [0.5, 0.6) is 0 Å². The molecule has 1 saturated carbocycles. The summed E-state index contributed by atoms with van der Waals surface area (Å²) in [5.41, 5.74) is -3.82. The fourth-order valence-corrected chi connectivity index (χ4v) is 5.65. The molecule has 1 aliphatic rings. The first kappa shape index (κ1) is 30.3. The van der Waals surface area contributed by atoms with E-state index in [1.807, 2.05) is 60.7 Å². The minimum Gasteiger partial charge on any atom is -0.376 e. The SMILES string of the molecule is O=c1c(Nc2cc(C(F)(F)F)cc(C(F)(F)F)c2)c(N[C@@H]2CCCC[C@H]2N(Cc2ccccc2)Cc2ccccc2)c1=O. The molecular weight excluding hydrogens is 572 g/mol. The number of hydrogen-bond acceptors (Lipinski definition) is 5. The minimum atomic E-state index is -5.05. The quantitative estimate of drug-likeness (QED) is 0.154. The van der Waals surface area contributed by atoms with Crippen LogP contribution >= 0.6 is 0 Å². The number of alkyl halides is 6. The lowest BCUT2D eigenvalue weighted by Crippen LogP contribution is -2.50. The molecule has 0 heterocycles. The summed E-state index contributed by atoms with van der Waals surface area (Å²) in [6.45, 7) is 1.22. The van der Waals surface area contributed by atoms with Crippen LogP contribution in [0.2, 0.25) is 0 Å². The van der Waals surface area contributed by atoms with Crippen molar-refractivity contribution in [1.29, 1.82) is 0 Å². The second kappa shape index (κ2) is 12.2. The van der Waals surface area contributed by atoms with Crippen molar-refractivity contribution in [2.75, 3.05) is 10.6 Å². The van der Waals surface area contributed by atoms with Crippen LogP contribution in [0.1, 0.15) is 47.9 Å². The van der Waals surface area contributed by atoms with Crippen molar-refractivity contribution in [3.8, 4) is 0 Å². The molecule has 4 aromatic carbocycles. The van der Waals surface area contributed by atoms with Gasteiger partial charge in [0.05, 0.1) is 11.1 Å². The summed E-state index contributed by atoms with van der Waals surface area (Å²) in [5.74, 6) is 0. The highest BCUT2D eigenvalue weighted by molar-refractivity contribution is 5.79. The van der Waals surface area contributed by atoms with Crippen LogP contribution in [0, 0.1) is 0 Å². The molecule has 0 aliphatic heterocycles. The molecule has 0 unspecified atom stereocenters. The van der Waals surface area contributed by atoms with Gasteiger partial charge in [-0.05, 0) is 42.2 Å². The zero-order chi connectivity index (χ0) is 30.8. The number of halogens is 6. The topological polar surface area (TPSA) is 61.4 Å². The zero-order valence-corrected chi connectivity index (χ0v) is 22.9. The average Bonchev–Trinajstić information content (AvgIpc) is 2.98. The maximum atomic E-state index is 13.4. The van der Waals surface area contributed by atoms with E-state index in [9.17, 15) is 35.9 Å². The Morgan fingerprint density at radius 1 is 0.674 bits per heavy atom. The second-order valence-corrected chi connectivity index (χ2v) is 10.8. The largest absolute Gasteiger partial charge is 0.416 e. The number of anilines is 3. The standard InChI is InChI=1S/C32H29F6N3O2/c33-31(34,35)22-15-23(32(36,37)38)17-24(16-22)39-27-28(30(43)29(27)42)40-25-13-7-8-14-26(25)41(18-20-9-3-1-4-10-20)19-21-11-5-2-6-12-21/h1-6,9-12,15-17,25-26,39-40H,7-8,13-14,18-19H2/t25-,26-/m1/s1. The predicted molar refractivity (Wildman–Crippen MR) is 153 cm³/mol. The normalized spacial score (nSPS) is 17.7. The van der Waals surface area contributed by atoms with E-state index in [4.69, 9.17) is 0 Å². The molecule has 5 rings (SSSR count). The molecule has 0 radical (unpaired) electrons. The fourth-order valence-electron chi connectivity index (χ4n) is 5.65. The lowest BCUT2D eigenvalue weighted by atomic mass is 9.88. The summed E-state index contributed by atoms with van der Waals surface area (Å²) >= 11 is 0. The molecule has 2 atom stereocenters. The van der Waals surface area contributed by atoms with Crippen molar-refractivity contribution in [3.05, 3.63) is 122 Å². The fraction of sp³-hybridized carbons (Fsp3) is 0.312. The van der Waals surface area contributed by atoms with E-state index in [2.05, 4.69) is 15.5 Å². The maximum Gasteiger partial charge on any atom is 0.416 e. The molecule has 0 saturated heterocycles. The van der Waals surface area contributed by atoms with Gasteiger partial charge in [0.1, 0.15) is 11.4 Å². The van der Waals surface area contributed by atoms with Crippen LogP contribution in [0.15, 0.2) is 88.5 Å². The molecule has 226 valence electrons. The average molecular weight is 602 g/mol. The van der Waals surface area contributed by atoms with Gasteiger partial charge in [-0.25, -0.2) is 0 Å². The van der Waals surface area contributed by atoms with Gasteiger partial charge in [0.25, 0.3) is 10.9 Å². The van der Waals surface area contributed by atoms with Gasteiger partial charge in [-0.15, -0.1) is 0 Å². The summed E-state index contributed by atoms with van der Waals surface area (Å²) < 4.78 is 80.3.